The summed E-state index contributed by atoms with van der Waals surface area (Å²) in [5.41, 5.74) is 11.3. The van der Waals surface area contributed by atoms with Gasteiger partial charge in [-0.25, -0.2) is 4.99 Å². The molecule has 0 radical (unpaired) electrons. The Kier molecular flexibility index (Phi) is 5.37. The maximum Gasteiger partial charge on any atom is 0.141 e. The van der Waals surface area contributed by atoms with E-state index in [0.29, 0.717) is 11.9 Å². The number of thiophene rings is 1. The monoisotopic (exact) mass is 375 g/mol. The van der Waals surface area contributed by atoms with Crippen LogP contribution in [0.5, 0.6) is 0 Å². The first kappa shape index (κ1) is 18.0. The van der Waals surface area contributed by atoms with Gasteiger partial charge in [-0.3, -0.25) is 4.90 Å². The van der Waals surface area contributed by atoms with Crippen LogP contribution in [-0.2, 0) is 19.4 Å². The van der Waals surface area contributed by atoms with E-state index in [4.69, 9.17) is 5.73 Å². The number of aryl methyl sites for hydroxylation is 1. The molecule has 3 aromatic rings. The third kappa shape index (κ3) is 4.29. The molecule has 1 aromatic heterocycles. The van der Waals surface area contributed by atoms with Gasteiger partial charge in [-0.15, -0.1) is 11.3 Å². The highest BCUT2D eigenvalue weighted by Crippen LogP contribution is 2.28. The number of likely N-dealkylation sites (N-methyl/N-ethyl adjacent to an activating group) is 1. The Morgan fingerprint density at radius 1 is 1.11 bits per heavy atom. The number of benzene rings is 2. The van der Waals surface area contributed by atoms with Crippen molar-refractivity contribution in [2.75, 3.05) is 7.05 Å². The summed E-state index contributed by atoms with van der Waals surface area (Å²) in [5, 5.41) is 2.03. The van der Waals surface area contributed by atoms with Gasteiger partial charge in [0.05, 0.1) is 10.6 Å². The standard InChI is InChI=1S/C23H25N3S/c1-26(16-17-6-3-2-4-7-17)21-12-10-18-9-11-20(14-19(18)15-21)25-23(24)22-8-5-13-27-22/h2-9,11,13-14,21H,10,12,15-16H2,1H3,(H2,24,25). The maximum atomic E-state index is 6.16. The molecule has 27 heavy (non-hydrogen) atoms. The van der Waals surface area contributed by atoms with E-state index < -0.39 is 0 Å². The van der Waals surface area contributed by atoms with E-state index in [0.717, 1.165) is 30.0 Å². The van der Waals surface area contributed by atoms with Crippen LogP contribution in [0, 0.1) is 0 Å². The minimum atomic E-state index is 0.562. The van der Waals surface area contributed by atoms with Crippen molar-refractivity contribution in [1.82, 2.24) is 4.90 Å². The van der Waals surface area contributed by atoms with Crippen molar-refractivity contribution in [3.8, 4) is 0 Å². The molecule has 0 fully saturated rings. The van der Waals surface area contributed by atoms with Crippen LogP contribution in [0.25, 0.3) is 0 Å². The summed E-state index contributed by atoms with van der Waals surface area (Å²) in [6.07, 6.45) is 3.40. The summed E-state index contributed by atoms with van der Waals surface area (Å²) in [5.74, 6) is 0.596. The number of aliphatic imine (C=N–C) groups is 1. The van der Waals surface area contributed by atoms with Crippen molar-refractivity contribution in [2.24, 2.45) is 10.7 Å². The molecule has 1 aliphatic carbocycles. The van der Waals surface area contributed by atoms with Crippen LogP contribution in [-0.4, -0.2) is 23.8 Å². The van der Waals surface area contributed by atoms with E-state index >= 15 is 0 Å². The molecule has 2 N–H and O–H groups in total. The van der Waals surface area contributed by atoms with E-state index in [-0.39, 0.29) is 0 Å². The third-order valence-corrected chi connectivity index (χ3v) is 6.21. The Hall–Kier alpha value is -2.43. The van der Waals surface area contributed by atoms with E-state index in [9.17, 15) is 0 Å². The van der Waals surface area contributed by atoms with Crippen LogP contribution in [0.1, 0.15) is 28.0 Å². The van der Waals surface area contributed by atoms with Crippen LogP contribution >= 0.6 is 11.3 Å². The summed E-state index contributed by atoms with van der Waals surface area (Å²) < 4.78 is 0. The molecule has 0 spiro atoms. The molecule has 1 unspecified atom stereocenters. The average molecular weight is 376 g/mol. The van der Waals surface area contributed by atoms with E-state index in [1.165, 1.54) is 23.1 Å². The van der Waals surface area contributed by atoms with Crippen LogP contribution in [0.4, 0.5) is 5.69 Å². The average Bonchev–Trinajstić information content (AvgIpc) is 3.23. The fraction of sp³-hybridized carbons (Fsp3) is 0.261. The van der Waals surface area contributed by atoms with Crippen molar-refractivity contribution in [3.63, 3.8) is 0 Å². The number of nitrogens with two attached hydrogens (primary N) is 1. The second-order valence-corrected chi connectivity index (χ2v) is 8.17. The molecule has 1 heterocycles. The number of nitrogens with zero attached hydrogens (tertiary/aromatic N) is 2. The number of hydrogen-bond acceptors (Lipinski definition) is 3. The van der Waals surface area contributed by atoms with Crippen LogP contribution < -0.4 is 5.73 Å². The summed E-state index contributed by atoms with van der Waals surface area (Å²) in [7, 11) is 2.24. The summed E-state index contributed by atoms with van der Waals surface area (Å²) >= 11 is 1.62. The third-order valence-electron chi connectivity index (χ3n) is 5.31. The molecule has 0 saturated carbocycles. The topological polar surface area (TPSA) is 41.6 Å². The van der Waals surface area contributed by atoms with E-state index in [1.807, 2.05) is 17.5 Å². The summed E-state index contributed by atoms with van der Waals surface area (Å²) in [6, 6.07) is 21.8. The molecule has 138 valence electrons. The molecular formula is C23H25N3S. The minimum absolute atomic E-state index is 0.562. The first-order valence-electron chi connectivity index (χ1n) is 9.43. The van der Waals surface area contributed by atoms with Gasteiger partial charge in [-0.05, 0) is 66.6 Å². The summed E-state index contributed by atoms with van der Waals surface area (Å²) in [4.78, 5) is 8.14. The largest absolute Gasteiger partial charge is 0.383 e. The van der Waals surface area contributed by atoms with Crippen LogP contribution in [0.15, 0.2) is 71.0 Å². The van der Waals surface area contributed by atoms with Gasteiger partial charge in [0.15, 0.2) is 0 Å². The van der Waals surface area contributed by atoms with Crippen molar-refractivity contribution < 1.29 is 0 Å². The Labute approximate surface area is 165 Å². The summed E-state index contributed by atoms with van der Waals surface area (Å²) in [6.45, 7) is 0.990. The number of rotatable bonds is 5. The smallest absolute Gasteiger partial charge is 0.141 e. The van der Waals surface area contributed by atoms with Gasteiger partial charge in [0.2, 0.25) is 0 Å². The fourth-order valence-corrected chi connectivity index (χ4v) is 4.42. The van der Waals surface area contributed by atoms with E-state index in [2.05, 4.69) is 65.5 Å². The maximum absolute atomic E-state index is 6.16. The van der Waals surface area contributed by atoms with E-state index in [1.54, 1.807) is 11.3 Å². The highest BCUT2D eigenvalue weighted by atomic mass is 32.1. The Bertz CT molecular complexity index is 916. The molecule has 3 nitrogen and oxygen atoms in total. The molecule has 0 aliphatic heterocycles. The number of amidine groups is 1. The van der Waals surface area contributed by atoms with Gasteiger partial charge in [0.1, 0.15) is 5.84 Å². The SMILES string of the molecule is CN(Cc1ccccc1)C1CCc2ccc(N=C(N)c3cccs3)cc2C1. The second kappa shape index (κ2) is 8.07. The fourth-order valence-electron chi connectivity index (χ4n) is 3.79. The van der Waals surface area contributed by atoms with Gasteiger partial charge < -0.3 is 5.73 Å². The van der Waals surface area contributed by atoms with Gasteiger partial charge in [-0.2, -0.15) is 0 Å². The Morgan fingerprint density at radius 3 is 2.74 bits per heavy atom. The lowest BCUT2D eigenvalue weighted by Crippen LogP contribution is -2.36. The Morgan fingerprint density at radius 2 is 1.96 bits per heavy atom. The number of hydrogen-bond donors (Lipinski definition) is 1. The van der Waals surface area contributed by atoms with Crippen molar-refractivity contribution in [2.45, 2.75) is 31.8 Å². The predicted molar refractivity (Wildman–Crippen MR) is 115 cm³/mol. The highest BCUT2D eigenvalue weighted by molar-refractivity contribution is 7.12. The van der Waals surface area contributed by atoms with Crippen LogP contribution in [0.2, 0.25) is 0 Å². The number of fused-ring (bicyclic) bond motifs is 1. The molecule has 2 aromatic carbocycles. The molecule has 1 atom stereocenters. The lowest BCUT2D eigenvalue weighted by atomic mass is 9.87. The zero-order valence-electron chi connectivity index (χ0n) is 15.6. The highest BCUT2D eigenvalue weighted by Gasteiger charge is 2.22. The lowest BCUT2D eigenvalue weighted by Gasteiger charge is -2.32. The first-order valence-corrected chi connectivity index (χ1v) is 10.3. The van der Waals surface area contributed by atoms with Gasteiger partial charge in [0.25, 0.3) is 0 Å². The van der Waals surface area contributed by atoms with Crippen molar-refractivity contribution in [1.29, 1.82) is 0 Å². The van der Waals surface area contributed by atoms with Crippen molar-refractivity contribution >= 4 is 22.9 Å². The molecule has 4 heteroatoms. The molecule has 4 rings (SSSR count). The molecule has 0 amide bonds. The van der Waals surface area contributed by atoms with Gasteiger partial charge >= 0.3 is 0 Å². The zero-order chi connectivity index (χ0) is 18.6. The van der Waals surface area contributed by atoms with Crippen LogP contribution in [0.3, 0.4) is 0 Å². The van der Waals surface area contributed by atoms with Gasteiger partial charge in [-0.1, -0.05) is 42.5 Å². The molecule has 0 saturated heterocycles. The molecular weight excluding hydrogens is 350 g/mol. The zero-order valence-corrected chi connectivity index (χ0v) is 16.5. The molecule has 0 bridgehead atoms. The quantitative estimate of drug-likeness (QED) is 0.515. The second-order valence-electron chi connectivity index (χ2n) is 7.22. The van der Waals surface area contributed by atoms with Crippen molar-refractivity contribution in [3.05, 3.63) is 87.6 Å². The molecule has 1 aliphatic rings. The minimum Gasteiger partial charge on any atom is -0.383 e. The Balaban J connectivity index is 1.49. The van der Waals surface area contributed by atoms with Gasteiger partial charge in [0, 0.05) is 12.6 Å². The first-order chi connectivity index (χ1) is 13.2. The normalized spacial score (nSPS) is 17.1. The lowest BCUT2D eigenvalue weighted by molar-refractivity contribution is 0.214. The predicted octanol–water partition coefficient (Wildman–Crippen LogP) is 4.77.